The van der Waals surface area contributed by atoms with Crippen molar-refractivity contribution < 1.29 is 18.0 Å². The molecule has 3 heterocycles. The number of alkyl halides is 3. The molecule has 114 valence electrons. The molecule has 2 saturated heterocycles. The van der Waals surface area contributed by atoms with Gasteiger partial charge in [-0.1, -0.05) is 0 Å². The fourth-order valence-corrected chi connectivity index (χ4v) is 3.02. The topological polar surface area (TPSA) is 58.1 Å². The first-order chi connectivity index (χ1) is 9.92. The summed E-state index contributed by atoms with van der Waals surface area (Å²) in [5.41, 5.74) is -1.48. The normalized spacial score (nSPS) is 22.0. The Kier molecular flexibility index (Phi) is 3.35. The molecule has 2 aliphatic heterocycles. The van der Waals surface area contributed by atoms with Crippen LogP contribution in [0.1, 0.15) is 25.0 Å². The van der Waals surface area contributed by atoms with E-state index < -0.39 is 17.3 Å². The van der Waals surface area contributed by atoms with Crippen LogP contribution in [0.4, 0.5) is 19.1 Å². The van der Waals surface area contributed by atoms with E-state index in [0.29, 0.717) is 25.8 Å². The van der Waals surface area contributed by atoms with Gasteiger partial charge in [0.15, 0.2) is 0 Å². The van der Waals surface area contributed by atoms with E-state index in [-0.39, 0.29) is 11.9 Å². The van der Waals surface area contributed by atoms with E-state index in [4.69, 9.17) is 0 Å². The lowest BCUT2D eigenvalue weighted by atomic mass is 9.78. The van der Waals surface area contributed by atoms with E-state index in [1.54, 1.807) is 0 Å². The van der Waals surface area contributed by atoms with Gasteiger partial charge in [0.2, 0.25) is 11.9 Å². The summed E-state index contributed by atoms with van der Waals surface area (Å²) >= 11 is 0. The highest BCUT2D eigenvalue weighted by Gasteiger charge is 2.48. The quantitative estimate of drug-likeness (QED) is 0.856. The van der Waals surface area contributed by atoms with Crippen LogP contribution in [0.3, 0.4) is 0 Å². The Morgan fingerprint density at radius 3 is 2.62 bits per heavy atom. The number of hydrogen-bond acceptors (Lipinski definition) is 4. The predicted molar refractivity (Wildman–Crippen MR) is 68.5 cm³/mol. The number of anilines is 1. The van der Waals surface area contributed by atoms with Crippen molar-refractivity contribution in [2.45, 2.75) is 25.4 Å². The maximum Gasteiger partial charge on any atom is 0.433 e. The highest BCUT2D eigenvalue weighted by Crippen LogP contribution is 2.41. The standard InChI is InChI=1S/C13H15F3N4O/c14-13(15,16)9-1-5-18-11(19-9)20-8-4-12(10(20)21)2-6-17-7-3-12/h1,5,17H,2-4,6-8H2. The van der Waals surface area contributed by atoms with Crippen molar-refractivity contribution in [1.82, 2.24) is 15.3 Å². The van der Waals surface area contributed by atoms with Gasteiger partial charge in [-0.3, -0.25) is 9.69 Å². The fraction of sp³-hybridized carbons (Fsp3) is 0.615. The molecule has 3 rings (SSSR count). The highest BCUT2D eigenvalue weighted by atomic mass is 19.4. The van der Waals surface area contributed by atoms with Gasteiger partial charge in [-0.05, 0) is 38.4 Å². The van der Waals surface area contributed by atoms with Gasteiger partial charge in [0.25, 0.3) is 0 Å². The molecule has 0 unspecified atom stereocenters. The zero-order chi connectivity index (χ0) is 15.1. The Morgan fingerprint density at radius 1 is 1.24 bits per heavy atom. The van der Waals surface area contributed by atoms with E-state index in [2.05, 4.69) is 15.3 Å². The molecule has 1 spiro atoms. The van der Waals surface area contributed by atoms with E-state index in [1.165, 1.54) is 4.90 Å². The van der Waals surface area contributed by atoms with Crippen molar-refractivity contribution in [3.63, 3.8) is 0 Å². The number of aromatic nitrogens is 2. The monoisotopic (exact) mass is 300 g/mol. The van der Waals surface area contributed by atoms with Gasteiger partial charge >= 0.3 is 6.18 Å². The Bertz CT molecular complexity index is 555. The minimum Gasteiger partial charge on any atom is -0.317 e. The van der Waals surface area contributed by atoms with E-state index >= 15 is 0 Å². The van der Waals surface area contributed by atoms with Crippen LogP contribution < -0.4 is 10.2 Å². The molecule has 0 aliphatic carbocycles. The number of nitrogens with one attached hydrogen (secondary N) is 1. The average Bonchev–Trinajstić information content (AvgIpc) is 2.76. The molecular weight excluding hydrogens is 285 g/mol. The largest absolute Gasteiger partial charge is 0.433 e. The first-order valence-corrected chi connectivity index (χ1v) is 6.85. The lowest BCUT2D eigenvalue weighted by Gasteiger charge is -2.31. The number of carbonyl (C=O) groups is 1. The van der Waals surface area contributed by atoms with Crippen LogP contribution in [-0.2, 0) is 11.0 Å². The average molecular weight is 300 g/mol. The molecule has 0 saturated carbocycles. The molecule has 1 aromatic rings. The first kappa shape index (κ1) is 14.2. The second-order valence-corrected chi connectivity index (χ2v) is 5.48. The van der Waals surface area contributed by atoms with Crippen LogP contribution in [0.5, 0.6) is 0 Å². The summed E-state index contributed by atoms with van der Waals surface area (Å²) in [5.74, 6) is -0.298. The number of rotatable bonds is 1. The Balaban J connectivity index is 1.87. The third-order valence-corrected chi connectivity index (χ3v) is 4.25. The van der Waals surface area contributed by atoms with Gasteiger partial charge in [0.05, 0.1) is 5.41 Å². The zero-order valence-electron chi connectivity index (χ0n) is 11.3. The van der Waals surface area contributed by atoms with Gasteiger partial charge < -0.3 is 5.32 Å². The smallest absolute Gasteiger partial charge is 0.317 e. The number of hydrogen-bond donors (Lipinski definition) is 1. The molecular formula is C13H15F3N4O. The second-order valence-electron chi connectivity index (χ2n) is 5.48. The number of nitrogens with zero attached hydrogens (tertiary/aromatic N) is 3. The summed E-state index contributed by atoms with van der Waals surface area (Å²) in [7, 11) is 0. The van der Waals surface area contributed by atoms with Crippen molar-refractivity contribution in [2.24, 2.45) is 5.41 Å². The third-order valence-electron chi connectivity index (χ3n) is 4.25. The summed E-state index contributed by atoms with van der Waals surface area (Å²) in [5, 5.41) is 3.19. The van der Waals surface area contributed by atoms with Crippen LogP contribution in [0.15, 0.2) is 12.3 Å². The van der Waals surface area contributed by atoms with Crippen LogP contribution in [-0.4, -0.2) is 35.5 Å². The van der Waals surface area contributed by atoms with E-state index in [0.717, 1.165) is 25.4 Å². The molecule has 5 nitrogen and oxygen atoms in total. The third kappa shape index (κ3) is 2.48. The lowest BCUT2D eigenvalue weighted by Crippen LogP contribution is -2.43. The molecule has 0 atom stereocenters. The lowest BCUT2D eigenvalue weighted by molar-refractivity contribution is -0.141. The summed E-state index contributed by atoms with van der Waals surface area (Å²) in [6.07, 6.45) is -1.42. The summed E-state index contributed by atoms with van der Waals surface area (Å²) < 4.78 is 38.1. The number of piperidine rings is 1. The molecule has 2 fully saturated rings. The van der Waals surface area contributed by atoms with Crippen LogP contribution in [0.25, 0.3) is 0 Å². The SMILES string of the molecule is O=C1N(c2nccc(C(F)(F)F)n2)CCC12CCNCC2. The van der Waals surface area contributed by atoms with E-state index in [1.807, 2.05) is 0 Å². The number of carbonyl (C=O) groups excluding carboxylic acids is 1. The predicted octanol–water partition coefficient (Wildman–Crippen LogP) is 1.60. The molecule has 1 amide bonds. The van der Waals surface area contributed by atoms with Crippen LogP contribution in [0, 0.1) is 5.41 Å². The minimum absolute atomic E-state index is 0.148. The molecule has 8 heteroatoms. The maximum absolute atomic E-state index is 12.7. The Hall–Kier alpha value is -1.70. The molecule has 0 radical (unpaired) electrons. The van der Waals surface area contributed by atoms with Gasteiger partial charge in [0, 0.05) is 12.7 Å². The van der Waals surface area contributed by atoms with Gasteiger partial charge in [0.1, 0.15) is 5.69 Å². The first-order valence-electron chi connectivity index (χ1n) is 6.85. The maximum atomic E-state index is 12.7. The Morgan fingerprint density at radius 2 is 1.95 bits per heavy atom. The Labute approximate surface area is 119 Å². The molecule has 2 aliphatic rings. The molecule has 0 aromatic carbocycles. The highest BCUT2D eigenvalue weighted by molar-refractivity contribution is 5.98. The van der Waals surface area contributed by atoms with Gasteiger partial charge in [-0.2, -0.15) is 13.2 Å². The van der Waals surface area contributed by atoms with Crippen molar-refractivity contribution in [2.75, 3.05) is 24.5 Å². The number of halogens is 3. The summed E-state index contributed by atoms with van der Waals surface area (Å²) in [4.78, 5) is 21.2. The van der Waals surface area contributed by atoms with Crippen molar-refractivity contribution in [3.8, 4) is 0 Å². The second kappa shape index (κ2) is 4.94. The minimum atomic E-state index is -4.53. The number of amides is 1. The summed E-state index contributed by atoms with van der Waals surface area (Å²) in [6, 6.07) is 0.810. The van der Waals surface area contributed by atoms with Gasteiger partial charge in [-0.15, -0.1) is 0 Å². The molecule has 21 heavy (non-hydrogen) atoms. The molecule has 1 aromatic heterocycles. The molecule has 0 bridgehead atoms. The van der Waals surface area contributed by atoms with Crippen LogP contribution >= 0.6 is 0 Å². The molecule has 1 N–H and O–H groups in total. The van der Waals surface area contributed by atoms with Crippen molar-refractivity contribution >= 4 is 11.9 Å². The van der Waals surface area contributed by atoms with Crippen molar-refractivity contribution in [1.29, 1.82) is 0 Å². The summed E-state index contributed by atoms with van der Waals surface area (Å²) in [6.45, 7) is 1.88. The van der Waals surface area contributed by atoms with Crippen LogP contribution in [0.2, 0.25) is 0 Å². The van der Waals surface area contributed by atoms with E-state index in [9.17, 15) is 18.0 Å². The zero-order valence-corrected chi connectivity index (χ0v) is 11.3. The fourth-order valence-electron chi connectivity index (χ4n) is 3.02. The van der Waals surface area contributed by atoms with Crippen molar-refractivity contribution in [3.05, 3.63) is 18.0 Å². The van der Waals surface area contributed by atoms with Gasteiger partial charge in [-0.25, -0.2) is 9.97 Å².